The molecule has 2 N–H and O–H groups in total. The molecular formula is C20H25ClN6O2. The number of halogens is 1. The van der Waals surface area contributed by atoms with E-state index in [4.69, 9.17) is 4.52 Å². The predicted molar refractivity (Wildman–Crippen MR) is 111 cm³/mol. The summed E-state index contributed by atoms with van der Waals surface area (Å²) in [5.74, 6) is 0.882. The minimum absolute atomic E-state index is 0. The monoisotopic (exact) mass is 416 g/mol. The third kappa shape index (κ3) is 5.02. The zero-order valence-corrected chi connectivity index (χ0v) is 17.3. The predicted octanol–water partition coefficient (Wildman–Crippen LogP) is 2.39. The Kier molecular flexibility index (Phi) is 6.66. The van der Waals surface area contributed by atoms with Crippen LogP contribution in [0.4, 0.5) is 0 Å². The second-order valence-corrected chi connectivity index (χ2v) is 7.16. The highest BCUT2D eigenvalue weighted by Gasteiger charge is 2.22. The van der Waals surface area contributed by atoms with Crippen LogP contribution in [0.25, 0.3) is 11.4 Å². The molecule has 4 rings (SSSR count). The Morgan fingerprint density at radius 2 is 2.21 bits per heavy atom. The summed E-state index contributed by atoms with van der Waals surface area (Å²) in [7, 11) is 0. The van der Waals surface area contributed by atoms with E-state index in [0.717, 1.165) is 41.9 Å². The van der Waals surface area contributed by atoms with Gasteiger partial charge in [0.2, 0.25) is 17.6 Å². The van der Waals surface area contributed by atoms with Crippen molar-refractivity contribution in [1.29, 1.82) is 0 Å². The van der Waals surface area contributed by atoms with Crippen LogP contribution in [0.3, 0.4) is 0 Å². The van der Waals surface area contributed by atoms with Crippen molar-refractivity contribution in [1.82, 2.24) is 30.6 Å². The van der Waals surface area contributed by atoms with Crippen LogP contribution in [0.5, 0.6) is 0 Å². The van der Waals surface area contributed by atoms with Gasteiger partial charge in [0.05, 0.1) is 24.8 Å². The fraction of sp³-hybridized carbons (Fsp3) is 0.400. The van der Waals surface area contributed by atoms with Crippen molar-refractivity contribution in [3.63, 3.8) is 0 Å². The molecule has 154 valence electrons. The number of aromatic nitrogens is 4. The summed E-state index contributed by atoms with van der Waals surface area (Å²) < 4.78 is 7.27. The van der Waals surface area contributed by atoms with Crippen molar-refractivity contribution in [3.05, 3.63) is 53.2 Å². The number of nitrogens with one attached hydrogen (secondary N) is 2. The minimum Gasteiger partial charge on any atom is -0.346 e. The Balaban J connectivity index is 0.00000240. The average molecular weight is 417 g/mol. The molecule has 1 saturated heterocycles. The van der Waals surface area contributed by atoms with Gasteiger partial charge in [-0.3, -0.25) is 9.48 Å². The first kappa shape index (κ1) is 21.0. The lowest BCUT2D eigenvalue weighted by molar-refractivity contribution is -0.123. The van der Waals surface area contributed by atoms with Gasteiger partial charge in [0, 0.05) is 11.3 Å². The van der Waals surface area contributed by atoms with Crippen molar-refractivity contribution in [2.24, 2.45) is 0 Å². The first-order chi connectivity index (χ1) is 13.6. The summed E-state index contributed by atoms with van der Waals surface area (Å²) in [5, 5.41) is 14.6. The summed E-state index contributed by atoms with van der Waals surface area (Å²) in [4.78, 5) is 16.5. The summed E-state index contributed by atoms with van der Waals surface area (Å²) >= 11 is 0. The normalized spacial score (nSPS) is 15.9. The van der Waals surface area contributed by atoms with Gasteiger partial charge in [-0.15, -0.1) is 12.4 Å². The Morgan fingerprint density at radius 1 is 1.34 bits per heavy atom. The number of nitrogens with zero attached hydrogens (tertiary/aromatic N) is 4. The van der Waals surface area contributed by atoms with Crippen molar-refractivity contribution >= 4 is 18.3 Å². The highest BCUT2D eigenvalue weighted by Crippen LogP contribution is 2.18. The maximum Gasteiger partial charge on any atom is 0.246 e. The molecule has 1 amide bonds. The Hall–Kier alpha value is -2.71. The number of hydrogen-bond donors (Lipinski definition) is 2. The molecule has 8 nitrogen and oxygen atoms in total. The smallest absolute Gasteiger partial charge is 0.246 e. The first-order valence-corrected chi connectivity index (χ1v) is 9.52. The highest BCUT2D eigenvalue weighted by atomic mass is 35.5. The third-order valence-electron chi connectivity index (χ3n) is 4.88. The van der Waals surface area contributed by atoms with Crippen LogP contribution in [0.2, 0.25) is 0 Å². The number of hydrogen-bond acceptors (Lipinski definition) is 6. The molecule has 1 aliphatic heterocycles. The summed E-state index contributed by atoms with van der Waals surface area (Å²) in [6.07, 6.45) is 1.89. The van der Waals surface area contributed by atoms with Gasteiger partial charge >= 0.3 is 0 Å². The van der Waals surface area contributed by atoms with E-state index >= 15 is 0 Å². The van der Waals surface area contributed by atoms with E-state index in [2.05, 4.69) is 38.0 Å². The molecule has 1 fully saturated rings. The zero-order chi connectivity index (χ0) is 19.5. The SMILES string of the molecule is Cc1cc(C)n(Cc2cccc(-c3noc(CNC(=O)C4CCCN4)n3)c2)n1.Cl. The van der Waals surface area contributed by atoms with Crippen molar-refractivity contribution in [2.45, 2.75) is 45.8 Å². The molecule has 1 unspecified atom stereocenters. The molecule has 1 atom stereocenters. The molecule has 9 heteroatoms. The van der Waals surface area contributed by atoms with Crippen molar-refractivity contribution in [3.8, 4) is 11.4 Å². The number of carbonyl (C=O) groups excluding carboxylic acids is 1. The van der Waals surface area contributed by atoms with E-state index in [1.165, 1.54) is 0 Å². The molecule has 3 heterocycles. The number of rotatable bonds is 6. The van der Waals surface area contributed by atoms with Gasteiger partial charge in [0.15, 0.2) is 0 Å². The Morgan fingerprint density at radius 3 is 2.93 bits per heavy atom. The molecule has 0 radical (unpaired) electrons. The molecule has 0 bridgehead atoms. The van der Waals surface area contributed by atoms with E-state index in [9.17, 15) is 4.79 Å². The van der Waals surface area contributed by atoms with Crippen molar-refractivity contribution < 1.29 is 9.32 Å². The Labute approximate surface area is 175 Å². The molecule has 2 aromatic heterocycles. The van der Waals surface area contributed by atoms with Crippen molar-refractivity contribution in [2.75, 3.05) is 6.54 Å². The first-order valence-electron chi connectivity index (χ1n) is 9.52. The van der Waals surface area contributed by atoms with Gasteiger partial charge in [0.1, 0.15) is 0 Å². The fourth-order valence-corrected chi connectivity index (χ4v) is 3.45. The molecule has 1 aromatic carbocycles. The van der Waals surface area contributed by atoms with Crippen LogP contribution in [0.1, 0.15) is 35.7 Å². The minimum atomic E-state index is -0.117. The molecule has 29 heavy (non-hydrogen) atoms. The number of benzene rings is 1. The van der Waals surface area contributed by atoms with E-state index in [1.807, 2.05) is 36.7 Å². The lowest BCUT2D eigenvalue weighted by Gasteiger charge is -2.08. The van der Waals surface area contributed by atoms with Gasteiger partial charge in [0.25, 0.3) is 0 Å². The molecule has 3 aromatic rings. The van der Waals surface area contributed by atoms with Gasteiger partial charge in [-0.05, 0) is 50.9 Å². The zero-order valence-electron chi connectivity index (χ0n) is 16.5. The molecular weight excluding hydrogens is 392 g/mol. The molecule has 1 aliphatic rings. The lowest BCUT2D eigenvalue weighted by Crippen LogP contribution is -2.40. The van der Waals surface area contributed by atoms with E-state index in [1.54, 1.807) is 0 Å². The van der Waals surface area contributed by atoms with E-state index in [0.29, 0.717) is 18.3 Å². The number of amides is 1. The lowest BCUT2D eigenvalue weighted by atomic mass is 10.1. The molecule has 0 saturated carbocycles. The van der Waals surface area contributed by atoms with Gasteiger partial charge in [-0.1, -0.05) is 23.4 Å². The van der Waals surface area contributed by atoms with Crippen LogP contribution >= 0.6 is 12.4 Å². The van der Waals surface area contributed by atoms with E-state index < -0.39 is 0 Å². The maximum atomic E-state index is 12.1. The van der Waals surface area contributed by atoms with Crippen LogP contribution in [0.15, 0.2) is 34.9 Å². The second kappa shape index (κ2) is 9.19. The standard InChI is InChI=1S/C20H24N6O2.ClH/c1-13-9-14(2)26(24-13)12-15-5-3-6-16(10-15)19-23-18(28-25-19)11-22-20(27)17-7-4-8-21-17;/h3,5-6,9-10,17,21H,4,7-8,11-12H2,1-2H3,(H,22,27);1H. The number of aryl methyl sites for hydroxylation is 2. The van der Waals surface area contributed by atoms with Gasteiger partial charge < -0.3 is 15.2 Å². The fourth-order valence-electron chi connectivity index (χ4n) is 3.45. The van der Waals surface area contributed by atoms with Gasteiger partial charge in [-0.2, -0.15) is 10.1 Å². The number of carbonyl (C=O) groups is 1. The summed E-state index contributed by atoms with van der Waals surface area (Å²) in [6, 6.07) is 9.95. The van der Waals surface area contributed by atoms with Gasteiger partial charge in [-0.25, -0.2) is 0 Å². The maximum absolute atomic E-state index is 12.1. The van der Waals surface area contributed by atoms with Crippen LogP contribution in [0, 0.1) is 13.8 Å². The van der Waals surface area contributed by atoms with E-state index in [-0.39, 0.29) is 30.9 Å². The summed E-state index contributed by atoms with van der Waals surface area (Å²) in [6.45, 7) is 5.84. The highest BCUT2D eigenvalue weighted by molar-refractivity contribution is 5.85. The average Bonchev–Trinajstić information content (AvgIpc) is 3.42. The second-order valence-electron chi connectivity index (χ2n) is 7.16. The largest absolute Gasteiger partial charge is 0.346 e. The molecule has 0 spiro atoms. The van der Waals surface area contributed by atoms with Crippen LogP contribution in [-0.4, -0.2) is 38.4 Å². The Bertz CT molecular complexity index is 977. The van der Waals surface area contributed by atoms with Crippen LogP contribution < -0.4 is 10.6 Å². The summed E-state index contributed by atoms with van der Waals surface area (Å²) in [5.41, 5.74) is 4.11. The quantitative estimate of drug-likeness (QED) is 0.640. The molecule has 0 aliphatic carbocycles. The topological polar surface area (TPSA) is 97.9 Å². The third-order valence-corrected chi connectivity index (χ3v) is 4.88. The van der Waals surface area contributed by atoms with Crippen LogP contribution in [-0.2, 0) is 17.9 Å².